The molecule has 10 rings (SSSR count). The zero-order valence-electron chi connectivity index (χ0n) is 42.7. The van der Waals surface area contributed by atoms with Crippen molar-refractivity contribution in [1.29, 1.82) is 0 Å². The van der Waals surface area contributed by atoms with E-state index in [-0.39, 0.29) is 24.3 Å². The molecule has 0 amide bonds. The van der Waals surface area contributed by atoms with Gasteiger partial charge in [-0.3, -0.25) is 4.84 Å². The fourth-order valence-electron chi connectivity index (χ4n) is 11.0. The molecule has 0 saturated carbocycles. The molecule has 1 aliphatic carbocycles. The van der Waals surface area contributed by atoms with Gasteiger partial charge in [0.25, 0.3) is 0 Å². The number of hydrogen-bond acceptors (Lipinski definition) is 9. The zero-order valence-corrected chi connectivity index (χ0v) is 42.7. The van der Waals surface area contributed by atoms with E-state index in [2.05, 4.69) is 94.4 Å². The average Bonchev–Trinajstić information content (AvgIpc) is 3.77. The maximum atomic E-state index is 14.6. The molecule has 10 nitrogen and oxygen atoms in total. The van der Waals surface area contributed by atoms with Crippen LogP contribution in [0.3, 0.4) is 0 Å². The molecular weight excluding hydrogens is 915 g/mol. The van der Waals surface area contributed by atoms with Crippen LogP contribution in [-0.4, -0.2) is 68.3 Å². The minimum Gasteiger partial charge on any atom is -0.493 e. The van der Waals surface area contributed by atoms with Gasteiger partial charge in [-0.25, -0.2) is 9.59 Å². The number of carbonyl (C=O) groups excluding carboxylic acids is 1. The number of para-hydroxylation sites is 2. The summed E-state index contributed by atoms with van der Waals surface area (Å²) >= 11 is 0. The van der Waals surface area contributed by atoms with E-state index in [1.807, 2.05) is 48.5 Å². The van der Waals surface area contributed by atoms with Crippen molar-refractivity contribution in [1.82, 2.24) is 5.06 Å². The Hall–Kier alpha value is -7.14. The Kier molecular flexibility index (Phi) is 14.8. The van der Waals surface area contributed by atoms with Crippen LogP contribution in [0.4, 0.5) is 0 Å². The molecule has 2 aliphatic rings. The van der Waals surface area contributed by atoms with E-state index < -0.39 is 11.9 Å². The molecule has 0 radical (unpaired) electrons. The first kappa shape index (κ1) is 49.4. The summed E-state index contributed by atoms with van der Waals surface area (Å²) in [5, 5.41) is 19.8. The molecule has 0 aromatic heterocycles. The molecular formula is C63H65NO9. The summed E-state index contributed by atoms with van der Waals surface area (Å²) in [6.45, 7) is 10.3. The summed E-state index contributed by atoms with van der Waals surface area (Å²) in [7, 11) is 1.96. The molecule has 376 valence electrons. The number of carboxylic acids is 1. The summed E-state index contributed by atoms with van der Waals surface area (Å²) in [5.74, 6) is 1.38. The highest BCUT2D eigenvalue weighted by molar-refractivity contribution is 6.23. The molecule has 2 atom stereocenters. The maximum Gasteiger partial charge on any atom is 0.338 e. The van der Waals surface area contributed by atoms with Crippen molar-refractivity contribution >= 4 is 44.3 Å². The molecule has 1 N–H and O–H groups in total. The number of fused-ring (bicyclic) bond motifs is 8. The van der Waals surface area contributed by atoms with Crippen LogP contribution < -0.4 is 18.9 Å². The molecule has 1 heterocycles. The molecule has 0 unspecified atom stereocenters. The number of esters is 1. The highest BCUT2D eigenvalue weighted by atomic mass is 16.7. The van der Waals surface area contributed by atoms with E-state index in [0.29, 0.717) is 75.6 Å². The third-order valence-electron chi connectivity index (χ3n) is 14.2. The summed E-state index contributed by atoms with van der Waals surface area (Å²) in [5.41, 5.74) is 8.59. The molecule has 8 aromatic carbocycles. The summed E-state index contributed by atoms with van der Waals surface area (Å²) in [6, 6.07) is 39.2. The topological polar surface area (TPSA) is 113 Å². The monoisotopic (exact) mass is 979 g/mol. The molecule has 8 aromatic rings. The summed E-state index contributed by atoms with van der Waals surface area (Å²) in [6.07, 6.45) is 4.93. The van der Waals surface area contributed by atoms with Crippen LogP contribution in [0.5, 0.6) is 23.0 Å². The van der Waals surface area contributed by atoms with Gasteiger partial charge in [0, 0.05) is 39.2 Å². The Morgan fingerprint density at radius 1 is 0.534 bits per heavy atom. The highest BCUT2D eigenvalue weighted by Crippen LogP contribution is 2.43. The second-order valence-corrected chi connectivity index (χ2v) is 19.6. The largest absolute Gasteiger partial charge is 0.493 e. The van der Waals surface area contributed by atoms with Crippen molar-refractivity contribution in [2.75, 3.05) is 40.1 Å². The summed E-state index contributed by atoms with van der Waals surface area (Å²) < 4.78 is 32.9. The predicted octanol–water partition coefficient (Wildman–Crippen LogP) is 13.6. The molecule has 8 bridgehead atoms. The van der Waals surface area contributed by atoms with Gasteiger partial charge in [-0.15, -0.1) is 0 Å². The number of nitrogens with zero attached hydrogens (tertiary/aromatic N) is 1. The van der Waals surface area contributed by atoms with Gasteiger partial charge in [0.1, 0.15) is 35.7 Å². The van der Waals surface area contributed by atoms with Gasteiger partial charge < -0.3 is 28.8 Å². The molecule has 1 fully saturated rings. The number of carbonyl (C=O) groups is 2. The number of aromatic carboxylic acids is 1. The fraction of sp³-hybridized carbons (Fsp3) is 0.333. The van der Waals surface area contributed by atoms with Crippen LogP contribution in [0, 0.1) is 0 Å². The number of ether oxygens (including phenoxy) is 5. The first-order valence-electron chi connectivity index (χ1n) is 26.2. The smallest absolute Gasteiger partial charge is 0.338 e. The van der Waals surface area contributed by atoms with Gasteiger partial charge in [-0.1, -0.05) is 119 Å². The van der Waals surface area contributed by atoms with Crippen LogP contribution in [-0.2, 0) is 35.3 Å². The summed E-state index contributed by atoms with van der Waals surface area (Å²) in [4.78, 5) is 33.9. The molecule has 1 aliphatic heterocycles. The number of rotatable bonds is 17. The van der Waals surface area contributed by atoms with E-state index in [1.165, 1.54) is 37.9 Å². The molecule has 73 heavy (non-hydrogen) atoms. The third kappa shape index (κ3) is 10.2. The van der Waals surface area contributed by atoms with Crippen molar-refractivity contribution in [3.63, 3.8) is 0 Å². The van der Waals surface area contributed by atoms with Gasteiger partial charge in [0.15, 0.2) is 0 Å². The Labute approximate surface area is 428 Å². The Balaban J connectivity index is 1.04. The Morgan fingerprint density at radius 2 is 0.945 bits per heavy atom. The molecule has 1 saturated heterocycles. The second-order valence-electron chi connectivity index (χ2n) is 19.6. The van der Waals surface area contributed by atoms with Crippen LogP contribution in [0.1, 0.15) is 137 Å². The third-order valence-corrected chi connectivity index (χ3v) is 14.2. The van der Waals surface area contributed by atoms with Crippen LogP contribution in [0.25, 0.3) is 32.3 Å². The van der Waals surface area contributed by atoms with E-state index in [1.54, 1.807) is 12.1 Å². The quantitative estimate of drug-likeness (QED) is 0.0699. The second kappa shape index (κ2) is 21.9. The van der Waals surface area contributed by atoms with Crippen molar-refractivity contribution in [2.24, 2.45) is 0 Å². The maximum absolute atomic E-state index is 14.6. The Morgan fingerprint density at radius 3 is 1.41 bits per heavy atom. The Bertz CT molecular complexity index is 3180. The molecule has 10 heteroatoms. The lowest BCUT2D eigenvalue weighted by molar-refractivity contribution is -0.153. The number of carboxylic acid groups (broad SMARTS) is 1. The van der Waals surface area contributed by atoms with Crippen molar-refractivity contribution in [2.45, 2.75) is 97.6 Å². The first-order chi connectivity index (χ1) is 35.7. The highest BCUT2D eigenvalue weighted by Gasteiger charge is 2.35. The normalized spacial score (nSPS) is 15.7. The number of hydrogen-bond donors (Lipinski definition) is 1. The van der Waals surface area contributed by atoms with Gasteiger partial charge in [-0.2, -0.15) is 5.06 Å². The van der Waals surface area contributed by atoms with E-state index in [4.69, 9.17) is 28.5 Å². The average molecular weight is 980 g/mol. The lowest BCUT2D eigenvalue weighted by Crippen LogP contribution is -2.21. The minimum atomic E-state index is -1.01. The van der Waals surface area contributed by atoms with Crippen molar-refractivity contribution < 1.29 is 43.2 Å². The van der Waals surface area contributed by atoms with Crippen molar-refractivity contribution in [3.05, 3.63) is 176 Å². The number of hydroxylamine groups is 2. The van der Waals surface area contributed by atoms with Crippen molar-refractivity contribution in [3.8, 4) is 23.0 Å². The van der Waals surface area contributed by atoms with Crippen LogP contribution >= 0.6 is 0 Å². The van der Waals surface area contributed by atoms with Crippen LogP contribution in [0.15, 0.2) is 115 Å². The molecule has 0 spiro atoms. The number of benzene rings is 8. The van der Waals surface area contributed by atoms with Gasteiger partial charge in [-0.05, 0) is 132 Å². The van der Waals surface area contributed by atoms with Gasteiger partial charge in [0.05, 0.1) is 43.6 Å². The van der Waals surface area contributed by atoms with Crippen LogP contribution in [0.2, 0.25) is 0 Å². The first-order valence-corrected chi connectivity index (χ1v) is 26.2. The van der Waals surface area contributed by atoms with E-state index in [9.17, 15) is 14.7 Å². The SMILES string of the molecule is CCCOc1c2cccc1Cc1cc(C(=O)OC[C@@H]3C[C@@H](c4ccc5ccc6cccc7ccc4c5c67)N(C)O3)cc(c1OCCC)Cc1cccc(c1OCCC)Cc1cc(C(=O)O)cc(c1OCCC)C2. The van der Waals surface area contributed by atoms with E-state index in [0.717, 1.165) is 81.7 Å². The lowest BCUT2D eigenvalue weighted by atomic mass is 9.89. The lowest BCUT2D eigenvalue weighted by Gasteiger charge is -2.23. The zero-order chi connectivity index (χ0) is 50.6. The standard InChI is InChI=1S/C63H65NO9/c1-6-25-68-58-42-15-11-17-44(58)31-48-35-51(63(67)72-38-52-37-55(64(5)73-52)53-23-21-41-20-19-39-13-10-14-40-22-24-54(53)57(41)56(39)40)36-49(61(48)71-28-9-4)32-45-18-12-16-43(59(45)69-26-7-2)30-47-34-50(62(65)66)33-46(29-42)60(47)70-27-8-3/h10-24,33-36,52,55H,6-9,25-32,37-38H2,1-5H3,(H,65,66)/t52-,55-/m0/s1. The van der Waals surface area contributed by atoms with E-state index >= 15 is 0 Å². The predicted molar refractivity (Wildman–Crippen MR) is 288 cm³/mol. The minimum absolute atomic E-state index is 0.0422. The fourth-order valence-corrected chi connectivity index (χ4v) is 11.0. The van der Waals surface area contributed by atoms with Gasteiger partial charge >= 0.3 is 11.9 Å². The van der Waals surface area contributed by atoms with Gasteiger partial charge in [0.2, 0.25) is 0 Å².